The molecule has 0 unspecified atom stereocenters. The van der Waals surface area contributed by atoms with Crippen LogP contribution >= 0.6 is 11.6 Å². The van der Waals surface area contributed by atoms with E-state index >= 15 is 0 Å². The first-order valence-electron chi connectivity index (χ1n) is 5.42. The molecule has 0 spiro atoms. The van der Waals surface area contributed by atoms with E-state index in [4.69, 9.17) is 21.1 Å². The maximum atomic E-state index is 13.4. The first kappa shape index (κ1) is 12.7. The number of methoxy groups -OCH3 is 1. The molecule has 1 aromatic heterocycles. The van der Waals surface area contributed by atoms with Crippen molar-refractivity contribution in [2.45, 2.75) is 25.4 Å². The summed E-state index contributed by atoms with van der Waals surface area (Å²) in [5.74, 6) is -0.138. The van der Waals surface area contributed by atoms with E-state index in [1.54, 1.807) is 14.0 Å². The molecule has 0 N–H and O–H groups in total. The minimum absolute atomic E-state index is 0.157. The quantitative estimate of drug-likeness (QED) is 0.765. The molecule has 0 atom stereocenters. The summed E-state index contributed by atoms with van der Waals surface area (Å²) < 4.78 is 24.2. The van der Waals surface area contributed by atoms with E-state index < -0.39 is 11.4 Å². The Morgan fingerprint density at radius 2 is 2.00 bits per heavy atom. The number of halogens is 2. The van der Waals surface area contributed by atoms with Crippen LogP contribution in [0.25, 0.3) is 0 Å². The van der Waals surface area contributed by atoms with Gasteiger partial charge in [0, 0.05) is 33.2 Å². The highest BCUT2D eigenvalue weighted by molar-refractivity contribution is 6.29. The molecule has 1 aliphatic heterocycles. The number of nitrogens with zero attached hydrogens (tertiary/aromatic N) is 2. The molecule has 2 heterocycles. The third-order valence-corrected chi connectivity index (χ3v) is 3.33. The first-order chi connectivity index (χ1) is 8.09. The molecule has 1 saturated heterocycles. The summed E-state index contributed by atoms with van der Waals surface area (Å²) in [6, 6.07) is 0. The van der Waals surface area contributed by atoms with Crippen LogP contribution in [0, 0.1) is 12.7 Å². The van der Waals surface area contributed by atoms with Gasteiger partial charge in [0.2, 0.25) is 0 Å². The summed E-state index contributed by atoms with van der Waals surface area (Å²) in [5.41, 5.74) is -0.372. The molecule has 1 fully saturated rings. The lowest BCUT2D eigenvalue weighted by Gasteiger charge is -2.34. The van der Waals surface area contributed by atoms with Gasteiger partial charge in [0.25, 0.3) is 0 Å². The molecule has 0 aromatic carbocycles. The SMILES string of the molecule is COC1(c2nc(C)c(F)c(Cl)n2)CCOCC1. The molecule has 2 rings (SSSR count). The standard InChI is InChI=1S/C11H14ClFN2O2/c1-7-8(13)9(12)15-10(14-7)11(16-2)3-5-17-6-4-11/h3-6H2,1-2H3. The van der Waals surface area contributed by atoms with Crippen LogP contribution in [0.15, 0.2) is 0 Å². The van der Waals surface area contributed by atoms with Crippen molar-refractivity contribution < 1.29 is 13.9 Å². The topological polar surface area (TPSA) is 44.2 Å². The third-order valence-electron chi connectivity index (χ3n) is 3.08. The molecule has 17 heavy (non-hydrogen) atoms. The Labute approximate surface area is 104 Å². The fraction of sp³-hybridized carbons (Fsp3) is 0.636. The van der Waals surface area contributed by atoms with E-state index in [1.165, 1.54) is 0 Å². The van der Waals surface area contributed by atoms with Crippen LogP contribution in [0.4, 0.5) is 4.39 Å². The van der Waals surface area contributed by atoms with Gasteiger partial charge in [-0.25, -0.2) is 14.4 Å². The highest BCUT2D eigenvalue weighted by atomic mass is 35.5. The molecular formula is C11H14ClFN2O2. The fourth-order valence-electron chi connectivity index (χ4n) is 1.95. The fourth-order valence-corrected chi connectivity index (χ4v) is 2.16. The molecule has 1 aromatic rings. The molecule has 0 amide bonds. The Balaban J connectivity index is 2.43. The van der Waals surface area contributed by atoms with Gasteiger partial charge in [0.1, 0.15) is 5.60 Å². The highest BCUT2D eigenvalue weighted by Gasteiger charge is 2.38. The maximum absolute atomic E-state index is 13.4. The molecule has 1 aliphatic rings. The van der Waals surface area contributed by atoms with Crippen molar-refractivity contribution in [1.29, 1.82) is 0 Å². The van der Waals surface area contributed by atoms with E-state index in [0.717, 1.165) is 0 Å². The Morgan fingerprint density at radius 1 is 1.35 bits per heavy atom. The number of aryl methyl sites for hydroxylation is 1. The summed E-state index contributed by atoms with van der Waals surface area (Å²) in [4.78, 5) is 8.15. The Kier molecular flexibility index (Phi) is 3.61. The van der Waals surface area contributed by atoms with Gasteiger partial charge < -0.3 is 9.47 Å². The van der Waals surface area contributed by atoms with Crippen molar-refractivity contribution in [1.82, 2.24) is 9.97 Å². The zero-order valence-electron chi connectivity index (χ0n) is 9.80. The van der Waals surface area contributed by atoms with Crippen LogP contribution in [0.5, 0.6) is 0 Å². The summed E-state index contributed by atoms with van der Waals surface area (Å²) >= 11 is 5.74. The Bertz CT molecular complexity index is 399. The van der Waals surface area contributed by atoms with Gasteiger partial charge in [0.15, 0.2) is 16.8 Å². The Hall–Kier alpha value is -0.780. The van der Waals surface area contributed by atoms with E-state index in [9.17, 15) is 4.39 Å². The van der Waals surface area contributed by atoms with Gasteiger partial charge in [-0.3, -0.25) is 0 Å². The second-order valence-electron chi connectivity index (χ2n) is 4.05. The number of rotatable bonds is 2. The smallest absolute Gasteiger partial charge is 0.181 e. The molecule has 0 saturated carbocycles. The molecule has 4 nitrogen and oxygen atoms in total. The zero-order chi connectivity index (χ0) is 12.5. The second kappa shape index (κ2) is 4.84. The van der Waals surface area contributed by atoms with Gasteiger partial charge in [-0.1, -0.05) is 11.6 Å². The molecule has 6 heteroatoms. The highest BCUT2D eigenvalue weighted by Crippen LogP contribution is 2.34. The molecule has 0 bridgehead atoms. The van der Waals surface area contributed by atoms with Gasteiger partial charge in [-0.05, 0) is 6.92 Å². The average Bonchev–Trinajstić information content (AvgIpc) is 2.36. The monoisotopic (exact) mass is 260 g/mol. The lowest BCUT2D eigenvalue weighted by Crippen LogP contribution is -2.37. The van der Waals surface area contributed by atoms with Gasteiger partial charge >= 0.3 is 0 Å². The molecule has 0 radical (unpaired) electrons. The summed E-state index contributed by atoms with van der Waals surface area (Å²) in [6.07, 6.45) is 1.29. The molecular weight excluding hydrogens is 247 g/mol. The lowest BCUT2D eigenvalue weighted by molar-refractivity contribution is -0.100. The van der Waals surface area contributed by atoms with Crippen LogP contribution in [0.1, 0.15) is 24.4 Å². The van der Waals surface area contributed by atoms with E-state index in [2.05, 4.69) is 9.97 Å². The van der Waals surface area contributed by atoms with Crippen molar-refractivity contribution in [3.63, 3.8) is 0 Å². The van der Waals surface area contributed by atoms with Crippen molar-refractivity contribution in [2.75, 3.05) is 20.3 Å². The summed E-state index contributed by atoms with van der Waals surface area (Å²) in [7, 11) is 1.60. The number of aromatic nitrogens is 2. The number of hydrogen-bond donors (Lipinski definition) is 0. The molecule has 0 aliphatic carbocycles. The lowest BCUT2D eigenvalue weighted by atomic mass is 9.93. The third kappa shape index (κ3) is 2.27. The van der Waals surface area contributed by atoms with Crippen LogP contribution in [0.2, 0.25) is 5.15 Å². The van der Waals surface area contributed by atoms with Gasteiger partial charge in [-0.15, -0.1) is 0 Å². The van der Waals surface area contributed by atoms with Crippen LogP contribution in [0.3, 0.4) is 0 Å². The van der Waals surface area contributed by atoms with Gasteiger partial charge in [-0.2, -0.15) is 0 Å². The minimum atomic E-state index is -0.611. The zero-order valence-corrected chi connectivity index (χ0v) is 10.6. The normalized spacial score (nSPS) is 19.3. The van der Waals surface area contributed by atoms with Crippen LogP contribution < -0.4 is 0 Å². The van der Waals surface area contributed by atoms with Gasteiger partial charge in [0.05, 0.1) is 5.69 Å². The predicted molar refractivity (Wildman–Crippen MR) is 60.5 cm³/mol. The average molecular weight is 261 g/mol. The van der Waals surface area contributed by atoms with Crippen molar-refractivity contribution in [2.24, 2.45) is 0 Å². The van der Waals surface area contributed by atoms with E-state index in [1.807, 2.05) is 0 Å². The molecule has 94 valence electrons. The largest absolute Gasteiger partial charge is 0.381 e. The summed E-state index contributed by atoms with van der Waals surface area (Å²) in [6.45, 7) is 2.71. The minimum Gasteiger partial charge on any atom is -0.381 e. The van der Waals surface area contributed by atoms with Crippen LogP contribution in [-0.4, -0.2) is 30.3 Å². The van der Waals surface area contributed by atoms with Crippen molar-refractivity contribution in [3.05, 3.63) is 22.5 Å². The Morgan fingerprint density at radius 3 is 2.53 bits per heavy atom. The summed E-state index contributed by atoms with van der Waals surface area (Å²) in [5, 5.41) is -0.157. The van der Waals surface area contributed by atoms with E-state index in [-0.39, 0.29) is 10.8 Å². The first-order valence-corrected chi connectivity index (χ1v) is 5.80. The number of ether oxygens (including phenoxy) is 2. The second-order valence-corrected chi connectivity index (χ2v) is 4.41. The van der Waals surface area contributed by atoms with Crippen molar-refractivity contribution >= 4 is 11.6 Å². The number of hydrogen-bond acceptors (Lipinski definition) is 4. The predicted octanol–water partition coefficient (Wildman–Crippen LogP) is 2.23. The van der Waals surface area contributed by atoms with Crippen LogP contribution in [-0.2, 0) is 15.1 Å². The van der Waals surface area contributed by atoms with E-state index in [0.29, 0.717) is 31.9 Å². The maximum Gasteiger partial charge on any atom is 0.181 e. The van der Waals surface area contributed by atoms with Crippen molar-refractivity contribution in [3.8, 4) is 0 Å².